The van der Waals surface area contributed by atoms with E-state index in [4.69, 9.17) is 4.74 Å². The van der Waals surface area contributed by atoms with Crippen molar-refractivity contribution >= 4 is 5.82 Å². The molecule has 0 radical (unpaired) electrons. The molecule has 1 unspecified atom stereocenters. The van der Waals surface area contributed by atoms with Gasteiger partial charge >= 0.3 is 0 Å². The lowest BCUT2D eigenvalue weighted by atomic mass is 10.0. The van der Waals surface area contributed by atoms with Gasteiger partial charge in [0.25, 0.3) is 0 Å². The topological polar surface area (TPSA) is 50.3 Å². The molecule has 0 aromatic carbocycles. The fourth-order valence-electron chi connectivity index (χ4n) is 2.24. The molecular formula is C15H28N4O. The number of anilines is 1. The second-order valence-corrected chi connectivity index (χ2v) is 5.82. The lowest BCUT2D eigenvalue weighted by Crippen LogP contribution is -2.34. The van der Waals surface area contributed by atoms with Crippen LogP contribution in [0.5, 0.6) is 5.88 Å². The van der Waals surface area contributed by atoms with Crippen LogP contribution in [0.15, 0.2) is 6.33 Å². The Morgan fingerprint density at radius 3 is 2.55 bits per heavy atom. The molecule has 0 aliphatic carbocycles. The van der Waals surface area contributed by atoms with Gasteiger partial charge in [-0.25, -0.2) is 9.97 Å². The average Bonchev–Trinajstić information content (AvgIpc) is 2.32. The van der Waals surface area contributed by atoms with Crippen molar-refractivity contribution in [2.75, 3.05) is 32.6 Å². The number of nitrogens with zero attached hydrogens (tertiary/aromatic N) is 3. The van der Waals surface area contributed by atoms with Crippen LogP contribution < -0.4 is 10.1 Å². The highest BCUT2D eigenvalue weighted by Crippen LogP contribution is 2.22. The summed E-state index contributed by atoms with van der Waals surface area (Å²) in [5.41, 5.74) is 0.974. The lowest BCUT2D eigenvalue weighted by molar-refractivity contribution is 0.323. The summed E-state index contributed by atoms with van der Waals surface area (Å²) < 4.78 is 5.52. The van der Waals surface area contributed by atoms with E-state index in [9.17, 15) is 0 Å². The van der Waals surface area contributed by atoms with Gasteiger partial charge in [0, 0.05) is 12.6 Å². The fourth-order valence-corrected chi connectivity index (χ4v) is 2.24. The predicted octanol–water partition coefficient (Wildman–Crippen LogP) is 2.57. The predicted molar refractivity (Wildman–Crippen MR) is 83.4 cm³/mol. The van der Waals surface area contributed by atoms with E-state index in [2.05, 4.69) is 48.1 Å². The molecule has 1 atom stereocenters. The third kappa shape index (κ3) is 5.33. The van der Waals surface area contributed by atoms with E-state index in [-0.39, 0.29) is 0 Å². The zero-order chi connectivity index (χ0) is 15.1. The van der Waals surface area contributed by atoms with Crippen LogP contribution in [-0.4, -0.2) is 48.2 Å². The Bertz CT molecular complexity index is 397. The zero-order valence-electron chi connectivity index (χ0n) is 13.6. The van der Waals surface area contributed by atoms with Gasteiger partial charge in [-0.15, -0.1) is 0 Å². The Balaban J connectivity index is 2.84. The van der Waals surface area contributed by atoms with Crippen molar-refractivity contribution in [3.05, 3.63) is 11.9 Å². The molecule has 0 saturated carbocycles. The van der Waals surface area contributed by atoms with Gasteiger partial charge in [0.2, 0.25) is 5.88 Å². The summed E-state index contributed by atoms with van der Waals surface area (Å²) in [6.45, 7) is 10.0. The van der Waals surface area contributed by atoms with Gasteiger partial charge in [-0.3, -0.25) is 0 Å². The van der Waals surface area contributed by atoms with Crippen LogP contribution in [0.1, 0.15) is 32.8 Å². The number of rotatable bonds is 8. The van der Waals surface area contributed by atoms with Crippen molar-refractivity contribution in [1.82, 2.24) is 14.9 Å². The van der Waals surface area contributed by atoms with Crippen molar-refractivity contribution in [3.63, 3.8) is 0 Å². The molecule has 20 heavy (non-hydrogen) atoms. The molecule has 1 heterocycles. The second-order valence-electron chi connectivity index (χ2n) is 5.82. The quantitative estimate of drug-likeness (QED) is 0.793. The zero-order valence-corrected chi connectivity index (χ0v) is 13.6. The molecule has 0 aliphatic rings. The van der Waals surface area contributed by atoms with E-state index in [1.54, 1.807) is 6.33 Å². The van der Waals surface area contributed by atoms with Gasteiger partial charge in [0.05, 0.1) is 12.2 Å². The Kier molecular flexibility index (Phi) is 6.71. The van der Waals surface area contributed by atoms with Crippen LogP contribution in [0.3, 0.4) is 0 Å². The fraction of sp³-hybridized carbons (Fsp3) is 0.733. The largest absolute Gasteiger partial charge is 0.478 e. The van der Waals surface area contributed by atoms with Crippen LogP contribution in [0, 0.1) is 12.8 Å². The molecular weight excluding hydrogens is 252 g/mol. The summed E-state index contributed by atoms with van der Waals surface area (Å²) >= 11 is 0. The highest BCUT2D eigenvalue weighted by atomic mass is 16.5. The van der Waals surface area contributed by atoms with E-state index in [1.807, 2.05) is 13.8 Å². The molecule has 1 rings (SSSR count). The van der Waals surface area contributed by atoms with Crippen LogP contribution in [-0.2, 0) is 0 Å². The van der Waals surface area contributed by atoms with Crippen molar-refractivity contribution in [2.24, 2.45) is 5.92 Å². The lowest BCUT2D eigenvalue weighted by Gasteiger charge is -2.25. The molecule has 114 valence electrons. The standard InChI is InChI=1S/C15H28N4O/c1-7-20-15-12(4)14(16-10-17-15)18-13(8-11(2)3)9-19(5)6/h10-11,13H,7-9H2,1-6H3,(H,16,17,18). The third-order valence-electron chi connectivity index (χ3n) is 3.00. The number of aromatic nitrogens is 2. The number of nitrogens with one attached hydrogen (secondary N) is 1. The highest BCUT2D eigenvalue weighted by molar-refractivity contribution is 5.48. The van der Waals surface area contributed by atoms with Crippen molar-refractivity contribution in [3.8, 4) is 5.88 Å². The van der Waals surface area contributed by atoms with Gasteiger partial charge in [-0.1, -0.05) is 13.8 Å². The highest BCUT2D eigenvalue weighted by Gasteiger charge is 2.15. The summed E-state index contributed by atoms with van der Waals surface area (Å²) in [5, 5.41) is 3.54. The number of hydrogen-bond acceptors (Lipinski definition) is 5. The summed E-state index contributed by atoms with van der Waals surface area (Å²) in [6, 6.07) is 0.369. The minimum Gasteiger partial charge on any atom is -0.478 e. The molecule has 0 bridgehead atoms. The van der Waals surface area contributed by atoms with Gasteiger partial charge in [0.1, 0.15) is 12.1 Å². The maximum Gasteiger partial charge on any atom is 0.221 e. The van der Waals surface area contributed by atoms with E-state index >= 15 is 0 Å². The van der Waals surface area contributed by atoms with Crippen molar-refractivity contribution in [2.45, 2.75) is 40.2 Å². The Morgan fingerprint density at radius 1 is 1.30 bits per heavy atom. The third-order valence-corrected chi connectivity index (χ3v) is 3.00. The minimum atomic E-state index is 0.369. The Morgan fingerprint density at radius 2 is 2.00 bits per heavy atom. The smallest absolute Gasteiger partial charge is 0.221 e. The first kappa shape index (κ1) is 16.7. The van der Waals surface area contributed by atoms with Gasteiger partial charge in [-0.2, -0.15) is 0 Å². The SMILES string of the molecule is CCOc1ncnc(NC(CC(C)C)CN(C)C)c1C. The van der Waals surface area contributed by atoms with Crippen LogP contribution >= 0.6 is 0 Å². The first-order valence-corrected chi connectivity index (χ1v) is 7.29. The van der Waals surface area contributed by atoms with Crippen LogP contribution in [0.4, 0.5) is 5.82 Å². The van der Waals surface area contributed by atoms with Gasteiger partial charge in [0.15, 0.2) is 0 Å². The summed E-state index contributed by atoms with van der Waals surface area (Å²) in [4.78, 5) is 10.7. The molecule has 0 spiro atoms. The molecule has 5 heteroatoms. The summed E-state index contributed by atoms with van der Waals surface area (Å²) in [6.07, 6.45) is 2.66. The molecule has 0 saturated heterocycles. The number of likely N-dealkylation sites (N-methyl/N-ethyl adjacent to an activating group) is 1. The molecule has 0 fully saturated rings. The molecule has 1 aromatic rings. The van der Waals surface area contributed by atoms with Gasteiger partial charge < -0.3 is 15.0 Å². The normalized spacial score (nSPS) is 12.8. The molecule has 5 nitrogen and oxygen atoms in total. The minimum absolute atomic E-state index is 0.369. The Hall–Kier alpha value is -1.36. The van der Waals surface area contributed by atoms with Gasteiger partial charge in [-0.05, 0) is 40.3 Å². The van der Waals surface area contributed by atoms with E-state index in [0.29, 0.717) is 24.4 Å². The van der Waals surface area contributed by atoms with Crippen molar-refractivity contribution < 1.29 is 4.74 Å². The number of ether oxygens (including phenoxy) is 1. The van der Waals surface area contributed by atoms with E-state index in [0.717, 1.165) is 24.3 Å². The maximum atomic E-state index is 5.52. The molecule has 0 amide bonds. The maximum absolute atomic E-state index is 5.52. The Labute approximate surface area is 122 Å². The molecule has 0 aliphatic heterocycles. The van der Waals surface area contributed by atoms with E-state index in [1.165, 1.54) is 0 Å². The molecule has 1 N–H and O–H groups in total. The average molecular weight is 280 g/mol. The second kappa shape index (κ2) is 8.04. The van der Waals surface area contributed by atoms with Crippen molar-refractivity contribution in [1.29, 1.82) is 0 Å². The first-order valence-electron chi connectivity index (χ1n) is 7.29. The monoisotopic (exact) mass is 280 g/mol. The van der Waals surface area contributed by atoms with Crippen LogP contribution in [0.25, 0.3) is 0 Å². The number of hydrogen-bond donors (Lipinski definition) is 1. The summed E-state index contributed by atoms with van der Waals surface area (Å²) in [7, 11) is 4.18. The first-order chi connectivity index (χ1) is 9.43. The molecule has 1 aromatic heterocycles. The van der Waals surface area contributed by atoms with E-state index < -0.39 is 0 Å². The summed E-state index contributed by atoms with van der Waals surface area (Å²) in [5.74, 6) is 2.18. The van der Waals surface area contributed by atoms with Crippen LogP contribution in [0.2, 0.25) is 0 Å².